The van der Waals surface area contributed by atoms with Crippen molar-refractivity contribution in [1.82, 2.24) is 9.80 Å². The van der Waals surface area contributed by atoms with Gasteiger partial charge in [0.1, 0.15) is 6.17 Å². The van der Waals surface area contributed by atoms with Crippen LogP contribution in [-0.4, -0.2) is 54.6 Å². The van der Waals surface area contributed by atoms with E-state index in [4.69, 9.17) is 21.1 Å². The standard InChI is InChI=1S/C33H29ClN4O4/c34-27-7-3-4-8-28(27)36-15-17-37(18-16-36)32(39)23-10-12-24(13-11-23)35-31-25-5-1-2-6-26(25)33(40)38(31)20-22-9-14-29-30(19-22)42-21-41-29/h1-14,19,31,35H,15-18,20-21H2/t31-/m1/s1. The Morgan fingerprint density at radius 3 is 2.40 bits per heavy atom. The van der Waals surface area contributed by atoms with E-state index in [1.165, 1.54) is 0 Å². The van der Waals surface area contributed by atoms with Crippen LogP contribution in [0.4, 0.5) is 11.4 Å². The van der Waals surface area contributed by atoms with Gasteiger partial charge in [-0.3, -0.25) is 9.59 Å². The third-order valence-electron chi connectivity index (χ3n) is 8.04. The molecule has 1 saturated heterocycles. The number of carbonyl (C=O) groups is 2. The predicted molar refractivity (Wildman–Crippen MR) is 161 cm³/mol. The number of hydrogen-bond donors (Lipinski definition) is 1. The summed E-state index contributed by atoms with van der Waals surface area (Å²) in [6.45, 7) is 3.30. The average molecular weight is 581 g/mol. The van der Waals surface area contributed by atoms with E-state index in [2.05, 4.69) is 10.2 Å². The van der Waals surface area contributed by atoms with Crippen LogP contribution in [0.25, 0.3) is 0 Å². The fraction of sp³-hybridized carbons (Fsp3) is 0.212. The molecule has 7 rings (SSSR count). The van der Waals surface area contributed by atoms with Gasteiger partial charge in [-0.1, -0.05) is 48.0 Å². The number of carbonyl (C=O) groups excluding carboxylic acids is 2. The van der Waals surface area contributed by atoms with Gasteiger partial charge < -0.3 is 29.5 Å². The number of nitrogens with one attached hydrogen (secondary N) is 1. The van der Waals surface area contributed by atoms with Crippen molar-refractivity contribution in [2.24, 2.45) is 0 Å². The van der Waals surface area contributed by atoms with Crippen LogP contribution in [0.15, 0.2) is 91.0 Å². The van der Waals surface area contributed by atoms with Crippen molar-refractivity contribution in [3.63, 3.8) is 0 Å². The van der Waals surface area contributed by atoms with Crippen LogP contribution in [-0.2, 0) is 6.54 Å². The van der Waals surface area contributed by atoms with E-state index in [-0.39, 0.29) is 24.8 Å². The van der Waals surface area contributed by atoms with Gasteiger partial charge in [-0.2, -0.15) is 0 Å². The van der Waals surface area contributed by atoms with Crippen LogP contribution >= 0.6 is 11.6 Å². The van der Waals surface area contributed by atoms with Crippen LogP contribution in [0.1, 0.15) is 38.0 Å². The first-order valence-corrected chi connectivity index (χ1v) is 14.4. The molecule has 0 spiro atoms. The quantitative estimate of drug-likeness (QED) is 0.311. The zero-order valence-corrected chi connectivity index (χ0v) is 23.6. The van der Waals surface area contributed by atoms with Gasteiger partial charge in [0, 0.05) is 55.1 Å². The first kappa shape index (κ1) is 26.2. The van der Waals surface area contributed by atoms with Crippen molar-refractivity contribution in [2.75, 3.05) is 43.2 Å². The van der Waals surface area contributed by atoms with Crippen LogP contribution in [0.2, 0.25) is 5.02 Å². The van der Waals surface area contributed by atoms with Crippen LogP contribution < -0.4 is 19.7 Å². The molecular formula is C33H29ClN4O4. The second-order valence-electron chi connectivity index (χ2n) is 10.6. The van der Waals surface area contributed by atoms with Gasteiger partial charge in [-0.15, -0.1) is 0 Å². The lowest BCUT2D eigenvalue weighted by atomic mass is 10.1. The molecule has 4 aromatic rings. The molecule has 212 valence electrons. The van der Waals surface area contributed by atoms with Crippen LogP contribution in [0.5, 0.6) is 11.5 Å². The molecule has 42 heavy (non-hydrogen) atoms. The number of rotatable bonds is 6. The normalized spacial score (nSPS) is 17.4. The Morgan fingerprint density at radius 1 is 0.857 bits per heavy atom. The highest BCUT2D eigenvalue weighted by atomic mass is 35.5. The van der Waals surface area contributed by atoms with Gasteiger partial charge in [0.15, 0.2) is 11.5 Å². The number of anilines is 2. The van der Waals surface area contributed by atoms with Gasteiger partial charge in [0.05, 0.1) is 10.7 Å². The molecule has 0 unspecified atom stereocenters. The maximum absolute atomic E-state index is 13.5. The first-order chi connectivity index (χ1) is 20.5. The number of fused-ring (bicyclic) bond motifs is 2. The summed E-state index contributed by atoms with van der Waals surface area (Å²) in [5.74, 6) is 1.36. The van der Waals surface area contributed by atoms with E-state index in [9.17, 15) is 9.59 Å². The summed E-state index contributed by atoms with van der Waals surface area (Å²) in [7, 11) is 0. The molecule has 0 bridgehead atoms. The zero-order chi connectivity index (χ0) is 28.6. The van der Waals surface area contributed by atoms with Crippen molar-refractivity contribution in [1.29, 1.82) is 0 Å². The molecule has 3 aliphatic rings. The van der Waals surface area contributed by atoms with Gasteiger partial charge in [0.2, 0.25) is 6.79 Å². The average Bonchev–Trinajstić information content (AvgIpc) is 3.60. The monoisotopic (exact) mass is 580 g/mol. The van der Waals surface area contributed by atoms with Crippen molar-refractivity contribution < 1.29 is 19.1 Å². The fourth-order valence-corrected chi connectivity index (χ4v) is 6.09. The molecule has 0 aliphatic carbocycles. The van der Waals surface area contributed by atoms with Crippen LogP contribution in [0.3, 0.4) is 0 Å². The molecule has 0 saturated carbocycles. The summed E-state index contributed by atoms with van der Waals surface area (Å²) in [4.78, 5) is 32.7. The van der Waals surface area contributed by atoms with Gasteiger partial charge in [-0.05, 0) is 60.2 Å². The fourth-order valence-electron chi connectivity index (χ4n) is 5.83. The van der Waals surface area contributed by atoms with Crippen molar-refractivity contribution >= 4 is 34.8 Å². The highest BCUT2D eigenvalue weighted by molar-refractivity contribution is 6.33. The van der Waals surface area contributed by atoms with Crippen molar-refractivity contribution in [3.05, 3.63) is 118 Å². The van der Waals surface area contributed by atoms with Crippen molar-refractivity contribution in [2.45, 2.75) is 12.7 Å². The van der Waals surface area contributed by atoms with E-state index in [1.54, 1.807) is 0 Å². The highest BCUT2D eigenvalue weighted by Crippen LogP contribution is 2.38. The lowest BCUT2D eigenvalue weighted by Gasteiger charge is -2.36. The van der Waals surface area contributed by atoms with E-state index in [0.29, 0.717) is 42.3 Å². The lowest BCUT2D eigenvalue weighted by Crippen LogP contribution is -2.48. The summed E-state index contributed by atoms with van der Waals surface area (Å²) >= 11 is 6.37. The zero-order valence-electron chi connectivity index (χ0n) is 22.8. The molecule has 2 amide bonds. The molecular weight excluding hydrogens is 552 g/mol. The van der Waals surface area contributed by atoms with Crippen molar-refractivity contribution in [3.8, 4) is 11.5 Å². The topological polar surface area (TPSA) is 74.3 Å². The largest absolute Gasteiger partial charge is 0.454 e. The summed E-state index contributed by atoms with van der Waals surface area (Å²) in [5.41, 5.74) is 4.99. The van der Waals surface area contributed by atoms with E-state index in [0.717, 1.165) is 40.6 Å². The Kier molecular flexibility index (Phi) is 6.83. The number of halogens is 1. The summed E-state index contributed by atoms with van der Waals surface area (Å²) in [6, 6.07) is 28.7. The summed E-state index contributed by atoms with van der Waals surface area (Å²) < 4.78 is 11.0. The summed E-state index contributed by atoms with van der Waals surface area (Å²) in [5, 5.41) is 4.25. The molecule has 0 aromatic heterocycles. The first-order valence-electron chi connectivity index (χ1n) is 14.0. The number of piperazine rings is 1. The van der Waals surface area contributed by atoms with Gasteiger partial charge in [0.25, 0.3) is 11.8 Å². The Morgan fingerprint density at radius 2 is 1.60 bits per heavy atom. The molecule has 1 N–H and O–H groups in total. The molecule has 3 heterocycles. The van der Waals surface area contributed by atoms with Gasteiger partial charge in [-0.25, -0.2) is 0 Å². The minimum absolute atomic E-state index is 0.00573. The smallest absolute Gasteiger partial charge is 0.256 e. The second-order valence-corrected chi connectivity index (χ2v) is 11.0. The molecule has 1 atom stereocenters. The SMILES string of the molecule is O=C(c1ccc(N[C@H]2c3ccccc3C(=O)N2Cc2ccc3c(c2)OCO3)cc1)N1CCN(c2ccccc2Cl)CC1. The number of nitrogens with zero attached hydrogens (tertiary/aromatic N) is 3. The Labute approximate surface area is 249 Å². The molecule has 9 heteroatoms. The molecule has 1 fully saturated rings. The van der Waals surface area contributed by atoms with E-state index >= 15 is 0 Å². The van der Waals surface area contributed by atoms with E-state index < -0.39 is 0 Å². The Bertz CT molecular complexity index is 1650. The minimum atomic E-state index is -0.362. The Balaban J connectivity index is 1.05. The minimum Gasteiger partial charge on any atom is -0.454 e. The third-order valence-corrected chi connectivity index (χ3v) is 8.36. The second kappa shape index (κ2) is 10.9. The van der Waals surface area contributed by atoms with Crippen LogP contribution in [0, 0.1) is 0 Å². The molecule has 3 aliphatic heterocycles. The summed E-state index contributed by atoms with van der Waals surface area (Å²) in [6.07, 6.45) is -0.362. The molecule has 0 radical (unpaired) electrons. The van der Waals surface area contributed by atoms with E-state index in [1.807, 2.05) is 101 Å². The number of para-hydroxylation sites is 1. The maximum Gasteiger partial charge on any atom is 0.256 e. The van der Waals surface area contributed by atoms with Gasteiger partial charge >= 0.3 is 0 Å². The molecule has 8 nitrogen and oxygen atoms in total. The number of benzene rings is 4. The lowest BCUT2D eigenvalue weighted by molar-refractivity contribution is 0.0726. The predicted octanol–water partition coefficient (Wildman–Crippen LogP) is 5.80. The Hall–Kier alpha value is -4.69. The highest BCUT2D eigenvalue weighted by Gasteiger charge is 2.36. The number of ether oxygens (including phenoxy) is 2. The molecule has 4 aromatic carbocycles. The maximum atomic E-state index is 13.5. The number of amides is 2. The number of hydrogen-bond acceptors (Lipinski definition) is 6. The third kappa shape index (κ3) is 4.88.